The van der Waals surface area contributed by atoms with E-state index in [-0.39, 0.29) is 51.0 Å². The predicted molar refractivity (Wildman–Crippen MR) is 87.8 cm³/mol. The van der Waals surface area contributed by atoms with Crippen LogP contribution in [0.5, 0.6) is 0 Å². The van der Waals surface area contributed by atoms with Crippen LogP contribution < -0.4 is 0 Å². The van der Waals surface area contributed by atoms with E-state index in [1.54, 1.807) is 20.0 Å². The van der Waals surface area contributed by atoms with Crippen molar-refractivity contribution in [3.05, 3.63) is 37.5 Å². The van der Waals surface area contributed by atoms with E-state index in [2.05, 4.69) is 17.0 Å². The van der Waals surface area contributed by atoms with Gasteiger partial charge in [0.1, 0.15) is 0 Å². The number of allylic oxidation sites excluding steroid dienone is 4. The molecule has 0 radical (unpaired) electrons. The fourth-order valence-electron chi connectivity index (χ4n) is 0.340. The Morgan fingerprint density at radius 2 is 1.53 bits per heavy atom. The summed E-state index contributed by atoms with van der Waals surface area (Å²) in [6, 6.07) is 0. The summed E-state index contributed by atoms with van der Waals surface area (Å²) in [5.41, 5.74) is 6.69. The van der Waals surface area contributed by atoms with Crippen LogP contribution in [0.1, 0.15) is 27.2 Å². The Bertz CT molecular complexity index is 166. The Balaban J connectivity index is -0.0000000293. The van der Waals surface area contributed by atoms with E-state index in [0.717, 1.165) is 6.42 Å². The summed E-state index contributed by atoms with van der Waals surface area (Å²) in [6.45, 7) is 5.31. The van der Waals surface area contributed by atoms with Gasteiger partial charge in [0, 0.05) is 0 Å². The van der Waals surface area contributed by atoms with Crippen LogP contribution in [0.15, 0.2) is 18.2 Å². The zero-order chi connectivity index (χ0) is 13.4. The van der Waals surface area contributed by atoms with Gasteiger partial charge < -0.3 is 23.4 Å². The molecular formula is C13H28Cl2NO2Ti-3. The molecule has 0 unspecified atom stereocenters. The van der Waals surface area contributed by atoms with Crippen LogP contribution in [0.25, 0.3) is 5.73 Å². The third-order valence-electron chi connectivity index (χ3n) is 0.686. The monoisotopic (exact) mass is 348 g/mol. The molecule has 118 valence electrons. The van der Waals surface area contributed by atoms with Crippen LogP contribution in [0.2, 0.25) is 0 Å². The van der Waals surface area contributed by atoms with Crippen molar-refractivity contribution in [2.75, 3.05) is 13.2 Å². The number of halogens is 2. The first-order valence-electron chi connectivity index (χ1n) is 4.95. The number of aliphatic hydroxyl groups excluding tert-OH is 2. The molecule has 6 heteroatoms. The van der Waals surface area contributed by atoms with Gasteiger partial charge in [-0.25, -0.2) is 12.2 Å². The maximum atomic E-state index is 7.62. The van der Waals surface area contributed by atoms with Crippen LogP contribution in [-0.2, 0) is 20.0 Å². The van der Waals surface area contributed by atoms with E-state index < -0.39 is 0 Å². The molecule has 0 bridgehead atoms. The first-order valence-corrected chi connectivity index (χ1v) is 6.06. The molecule has 1 aliphatic carbocycles. The number of nitrogens with one attached hydrogen (secondary N) is 1. The van der Waals surface area contributed by atoms with E-state index in [1.165, 1.54) is 0 Å². The van der Waals surface area contributed by atoms with E-state index >= 15 is 0 Å². The molecule has 0 amide bonds. The quantitative estimate of drug-likeness (QED) is 0.563. The van der Waals surface area contributed by atoms with Gasteiger partial charge in [0.05, 0.1) is 13.2 Å². The minimum absolute atomic E-state index is 0. The van der Waals surface area contributed by atoms with Crippen LogP contribution in [-0.4, -0.2) is 33.8 Å². The summed E-state index contributed by atoms with van der Waals surface area (Å²) in [5.74, 6) is 0. The summed E-state index contributed by atoms with van der Waals surface area (Å²) in [6.07, 6.45) is 10.0. The zero-order valence-corrected chi connectivity index (χ0v) is 15.5. The molecule has 0 spiro atoms. The third-order valence-corrected chi connectivity index (χ3v) is 0.686. The van der Waals surface area contributed by atoms with Crippen molar-refractivity contribution >= 4 is 29.6 Å². The molecule has 3 N–H and O–H groups in total. The maximum Gasteiger partial charge on any atom is -0.358 e. The van der Waals surface area contributed by atoms with Crippen LogP contribution >= 0.6 is 24.8 Å². The van der Waals surface area contributed by atoms with E-state index in [9.17, 15) is 0 Å². The molecule has 3 nitrogen and oxygen atoms in total. The van der Waals surface area contributed by atoms with Crippen LogP contribution in [0, 0.1) is 13.5 Å². The van der Waals surface area contributed by atoms with Gasteiger partial charge in [0.25, 0.3) is 0 Å². The fourth-order valence-corrected chi connectivity index (χ4v) is 0.340. The molecule has 0 saturated carbocycles. The summed E-state index contributed by atoms with van der Waals surface area (Å²) >= 11 is 1.75. The Hall–Kier alpha value is 0.524. The second-order valence-corrected chi connectivity index (χ2v) is 3.70. The SMILES string of the molecule is CC(C)(C)[NH-].Cl.Cl.OCCO.[C-]1=CC=CC1.[CH2]=[Ti].[CH3-]. The standard InChI is InChI=1S/C5H5.C4H10N.C2H6O2.CH3.CH2.2ClH.Ti/c1-2-4-5-3-1;1-4(2,3)5;3-1-2-4;;;;;/h1-3H,4H2;5H,1-3H3;3-4H,1-2H2;1H3;1H2;2*1H;/q2*-1;;-1;;;;. The van der Waals surface area contributed by atoms with Gasteiger partial charge in [-0.05, 0) is 0 Å². The van der Waals surface area contributed by atoms with Gasteiger partial charge in [-0.2, -0.15) is 6.08 Å². The average molecular weight is 349 g/mol. The summed E-state index contributed by atoms with van der Waals surface area (Å²) in [5, 5.41) is 15.2. The largest absolute Gasteiger partial charge is 0.358 e. The van der Waals surface area contributed by atoms with Crippen molar-refractivity contribution in [1.82, 2.24) is 0 Å². The molecule has 0 atom stereocenters. The van der Waals surface area contributed by atoms with E-state index in [4.69, 9.17) is 15.9 Å². The Kier molecular flexibility index (Phi) is 60.0. The van der Waals surface area contributed by atoms with Crippen molar-refractivity contribution in [2.24, 2.45) is 0 Å². The second-order valence-electron chi connectivity index (χ2n) is 3.70. The van der Waals surface area contributed by atoms with Crippen molar-refractivity contribution in [1.29, 1.82) is 0 Å². The van der Waals surface area contributed by atoms with Gasteiger partial charge in [0.2, 0.25) is 0 Å². The minimum atomic E-state index is -0.250. The van der Waals surface area contributed by atoms with Gasteiger partial charge in [0.15, 0.2) is 0 Å². The molecule has 1 rings (SSSR count). The van der Waals surface area contributed by atoms with Crippen LogP contribution in [0.4, 0.5) is 0 Å². The van der Waals surface area contributed by atoms with Crippen LogP contribution in [0.3, 0.4) is 0 Å². The van der Waals surface area contributed by atoms with Gasteiger partial charge in [-0.15, -0.1) is 36.8 Å². The second kappa shape index (κ2) is 31.1. The molecule has 0 saturated heterocycles. The van der Waals surface area contributed by atoms with Gasteiger partial charge in [-0.1, -0.05) is 20.8 Å². The van der Waals surface area contributed by atoms with Gasteiger partial charge >= 0.3 is 24.8 Å². The topological polar surface area (TPSA) is 64.3 Å². The summed E-state index contributed by atoms with van der Waals surface area (Å²) in [7, 11) is 0. The number of rotatable bonds is 1. The molecule has 1 aliphatic rings. The van der Waals surface area contributed by atoms with E-state index in [0.29, 0.717) is 0 Å². The first kappa shape index (κ1) is 36.6. The Morgan fingerprint density at radius 1 is 1.21 bits per heavy atom. The Morgan fingerprint density at radius 3 is 1.58 bits per heavy atom. The number of hydrogen-bond acceptors (Lipinski definition) is 2. The van der Waals surface area contributed by atoms with Crippen molar-refractivity contribution < 1.29 is 30.2 Å². The molecule has 0 fully saturated rings. The molecular weight excluding hydrogens is 321 g/mol. The average Bonchev–Trinajstić information content (AvgIpc) is 2.76. The molecule has 0 aromatic heterocycles. The maximum absolute atomic E-state index is 7.62. The van der Waals surface area contributed by atoms with E-state index in [1.807, 2.05) is 32.9 Å². The molecule has 0 aromatic rings. The number of hydrogen-bond donors (Lipinski definition) is 2. The molecule has 0 aliphatic heterocycles. The summed E-state index contributed by atoms with van der Waals surface area (Å²) < 4.78 is 0. The normalized spacial score (nSPS) is 9.53. The Labute approximate surface area is 143 Å². The van der Waals surface area contributed by atoms with Crippen molar-refractivity contribution in [3.8, 4) is 0 Å². The number of aliphatic hydroxyl groups is 2. The van der Waals surface area contributed by atoms with Gasteiger partial charge in [-0.3, -0.25) is 6.08 Å². The third kappa shape index (κ3) is 119. The molecule has 0 aromatic carbocycles. The summed E-state index contributed by atoms with van der Waals surface area (Å²) in [4.78, 5) is 3.25. The predicted octanol–water partition coefficient (Wildman–Crippen LogP) is 3.37. The zero-order valence-electron chi connectivity index (χ0n) is 12.3. The molecule has 0 heterocycles. The van der Waals surface area contributed by atoms with Crippen molar-refractivity contribution in [3.63, 3.8) is 0 Å². The minimum Gasteiger partial charge on any atom is -0.358 e. The fraction of sp³-hybridized carbons (Fsp3) is 0.538. The van der Waals surface area contributed by atoms with Crippen molar-refractivity contribution in [2.45, 2.75) is 32.7 Å². The first-order chi connectivity index (χ1) is 7.41. The smallest absolute Gasteiger partial charge is 0.358 e. The molecule has 19 heavy (non-hydrogen) atoms.